The average Bonchev–Trinajstić information content (AvgIpc) is 2.67. The van der Waals surface area contributed by atoms with Crippen molar-refractivity contribution >= 4 is 44.8 Å². The number of nitrogens with one attached hydrogen (secondary N) is 2. The van der Waals surface area contributed by atoms with Crippen LogP contribution in [0.1, 0.15) is 22.0 Å². The first-order chi connectivity index (χ1) is 14.6. The highest BCUT2D eigenvalue weighted by molar-refractivity contribution is 7.92. The van der Waals surface area contributed by atoms with Crippen molar-refractivity contribution in [1.82, 2.24) is 10.2 Å². The van der Waals surface area contributed by atoms with Crippen LogP contribution < -0.4 is 10.0 Å². The van der Waals surface area contributed by atoms with Crippen LogP contribution in [0.2, 0.25) is 10.0 Å². The Morgan fingerprint density at radius 1 is 1.10 bits per heavy atom. The molecule has 9 heteroatoms. The van der Waals surface area contributed by atoms with Crippen LogP contribution in [-0.4, -0.2) is 45.1 Å². The lowest BCUT2D eigenvalue weighted by molar-refractivity contribution is 0.0927. The zero-order valence-corrected chi connectivity index (χ0v) is 19.5. The number of rotatable bonds is 11. The second-order valence-electron chi connectivity index (χ2n) is 6.94. The Labute approximate surface area is 193 Å². The molecule has 1 unspecified atom stereocenters. The van der Waals surface area contributed by atoms with E-state index in [1.165, 1.54) is 12.1 Å². The van der Waals surface area contributed by atoms with Gasteiger partial charge in [-0.1, -0.05) is 41.4 Å². The molecule has 0 aromatic heterocycles. The quantitative estimate of drug-likeness (QED) is 0.462. The summed E-state index contributed by atoms with van der Waals surface area (Å²) in [7, 11) is -3.40. The minimum Gasteiger partial charge on any atom is -0.344 e. The van der Waals surface area contributed by atoms with Crippen molar-refractivity contribution in [1.29, 1.82) is 0 Å². The minimum atomic E-state index is -3.40. The van der Waals surface area contributed by atoms with Gasteiger partial charge in [0, 0.05) is 40.9 Å². The van der Waals surface area contributed by atoms with Gasteiger partial charge in [-0.3, -0.25) is 14.4 Å². The summed E-state index contributed by atoms with van der Waals surface area (Å²) < 4.78 is 25.1. The zero-order valence-electron chi connectivity index (χ0n) is 17.1. The summed E-state index contributed by atoms with van der Waals surface area (Å²) in [5, 5.41) is 3.96. The maximum Gasteiger partial charge on any atom is 0.251 e. The fourth-order valence-electron chi connectivity index (χ4n) is 3.00. The lowest BCUT2D eigenvalue weighted by Crippen LogP contribution is -2.38. The minimum absolute atomic E-state index is 0.320. The molecular weight excluding hydrogens is 457 g/mol. The molecule has 0 heterocycles. The van der Waals surface area contributed by atoms with Crippen molar-refractivity contribution < 1.29 is 13.2 Å². The van der Waals surface area contributed by atoms with Gasteiger partial charge in [0.15, 0.2) is 0 Å². The van der Waals surface area contributed by atoms with Crippen LogP contribution in [0.4, 0.5) is 5.69 Å². The van der Waals surface area contributed by atoms with Crippen LogP contribution in [0.3, 0.4) is 0 Å². The Morgan fingerprint density at radius 3 is 2.23 bits per heavy atom. The SMILES string of the molecule is C=CCN(CC=C)CC(NC(=O)c1ccc(NS(C)(=O)=O)cc1)c1ccc(Cl)cc1Cl. The van der Waals surface area contributed by atoms with Gasteiger partial charge in [-0.15, -0.1) is 13.2 Å². The molecule has 31 heavy (non-hydrogen) atoms. The summed E-state index contributed by atoms with van der Waals surface area (Å²) in [5.41, 5.74) is 1.49. The predicted molar refractivity (Wildman–Crippen MR) is 128 cm³/mol. The fourth-order valence-corrected chi connectivity index (χ4v) is 4.10. The van der Waals surface area contributed by atoms with E-state index in [1.807, 2.05) is 0 Å². The molecular formula is C22H25Cl2N3O3S. The van der Waals surface area contributed by atoms with Gasteiger partial charge in [-0.05, 0) is 42.0 Å². The van der Waals surface area contributed by atoms with Crippen molar-refractivity contribution in [2.75, 3.05) is 30.6 Å². The number of halogens is 2. The summed E-state index contributed by atoms with van der Waals surface area (Å²) in [5.74, 6) is -0.320. The predicted octanol–water partition coefficient (Wildman–Crippen LogP) is 4.51. The zero-order chi connectivity index (χ0) is 23.0. The third-order valence-corrected chi connectivity index (χ3v) is 5.48. The number of carbonyl (C=O) groups excluding carboxylic acids is 1. The number of nitrogens with zero attached hydrogens (tertiary/aromatic N) is 1. The lowest BCUT2D eigenvalue weighted by atomic mass is 10.0. The highest BCUT2D eigenvalue weighted by atomic mass is 35.5. The Morgan fingerprint density at radius 2 is 1.71 bits per heavy atom. The smallest absolute Gasteiger partial charge is 0.251 e. The maximum absolute atomic E-state index is 12.9. The van der Waals surface area contributed by atoms with E-state index in [2.05, 4.69) is 28.1 Å². The van der Waals surface area contributed by atoms with Gasteiger partial charge in [0.05, 0.1) is 12.3 Å². The second-order valence-corrected chi connectivity index (χ2v) is 9.53. The van der Waals surface area contributed by atoms with E-state index in [-0.39, 0.29) is 5.91 Å². The molecule has 0 saturated heterocycles. The Bertz CT molecular complexity index is 1030. The molecule has 0 aliphatic rings. The van der Waals surface area contributed by atoms with Crippen LogP contribution >= 0.6 is 23.2 Å². The highest BCUT2D eigenvalue weighted by Crippen LogP contribution is 2.27. The summed E-state index contributed by atoms with van der Waals surface area (Å²) in [6.45, 7) is 9.24. The average molecular weight is 482 g/mol. The molecule has 2 aromatic rings. The summed E-state index contributed by atoms with van der Waals surface area (Å²) in [6.07, 6.45) is 4.62. The first kappa shape index (κ1) is 24.9. The number of benzene rings is 2. The van der Waals surface area contributed by atoms with Crippen LogP contribution in [0.15, 0.2) is 67.8 Å². The van der Waals surface area contributed by atoms with Gasteiger partial charge in [0.1, 0.15) is 0 Å². The third kappa shape index (κ3) is 8.03. The van der Waals surface area contributed by atoms with E-state index in [9.17, 15) is 13.2 Å². The number of carbonyl (C=O) groups is 1. The Kier molecular flexibility index (Phi) is 9.13. The molecule has 0 radical (unpaired) electrons. The van der Waals surface area contributed by atoms with Gasteiger partial charge in [0.2, 0.25) is 10.0 Å². The van der Waals surface area contributed by atoms with E-state index < -0.39 is 16.1 Å². The molecule has 0 spiro atoms. The molecule has 1 atom stereocenters. The van der Waals surface area contributed by atoms with E-state index in [4.69, 9.17) is 23.2 Å². The molecule has 6 nitrogen and oxygen atoms in total. The number of sulfonamides is 1. The van der Waals surface area contributed by atoms with Crippen LogP contribution in [0.5, 0.6) is 0 Å². The summed E-state index contributed by atoms with van der Waals surface area (Å²) in [6, 6.07) is 10.9. The van der Waals surface area contributed by atoms with Crippen molar-refractivity contribution in [3.8, 4) is 0 Å². The lowest BCUT2D eigenvalue weighted by Gasteiger charge is -2.27. The molecule has 2 rings (SSSR count). The van der Waals surface area contributed by atoms with Gasteiger partial charge < -0.3 is 5.32 Å². The fraction of sp³-hybridized carbons (Fsp3) is 0.227. The van der Waals surface area contributed by atoms with Crippen LogP contribution in [-0.2, 0) is 10.0 Å². The van der Waals surface area contributed by atoms with Gasteiger partial charge >= 0.3 is 0 Å². The second kappa shape index (κ2) is 11.3. The first-order valence-electron chi connectivity index (χ1n) is 9.40. The van der Waals surface area contributed by atoms with Gasteiger partial charge in [-0.2, -0.15) is 0 Å². The molecule has 166 valence electrons. The molecule has 0 aliphatic carbocycles. The third-order valence-electron chi connectivity index (χ3n) is 4.31. The standard InChI is InChI=1S/C22H25Cl2N3O3S/c1-4-12-27(13-5-2)15-21(19-11-8-17(23)14-20(19)24)25-22(28)16-6-9-18(10-7-16)26-31(3,29)30/h4-11,14,21,26H,1-2,12-13,15H2,3H3,(H,25,28). The molecule has 0 saturated carbocycles. The topological polar surface area (TPSA) is 78.5 Å². The van der Waals surface area contributed by atoms with Gasteiger partial charge in [-0.25, -0.2) is 8.42 Å². The summed E-state index contributed by atoms with van der Waals surface area (Å²) >= 11 is 12.4. The molecule has 2 aromatic carbocycles. The van der Waals surface area contributed by atoms with E-state index >= 15 is 0 Å². The largest absolute Gasteiger partial charge is 0.344 e. The Hall–Kier alpha value is -2.32. The van der Waals surface area contributed by atoms with Crippen molar-refractivity contribution in [2.24, 2.45) is 0 Å². The van der Waals surface area contributed by atoms with Crippen molar-refractivity contribution in [3.05, 3.63) is 88.9 Å². The maximum atomic E-state index is 12.9. The van der Waals surface area contributed by atoms with Crippen molar-refractivity contribution in [3.63, 3.8) is 0 Å². The van der Waals surface area contributed by atoms with Crippen LogP contribution in [0, 0.1) is 0 Å². The Balaban J connectivity index is 2.27. The number of amides is 1. The molecule has 1 amide bonds. The number of hydrogen-bond donors (Lipinski definition) is 2. The number of anilines is 1. The van der Waals surface area contributed by atoms with Crippen molar-refractivity contribution in [2.45, 2.75) is 6.04 Å². The highest BCUT2D eigenvalue weighted by Gasteiger charge is 2.21. The van der Waals surface area contributed by atoms with E-state index in [0.29, 0.717) is 40.9 Å². The van der Waals surface area contributed by atoms with Crippen LogP contribution in [0.25, 0.3) is 0 Å². The van der Waals surface area contributed by atoms with E-state index in [0.717, 1.165) is 11.8 Å². The molecule has 0 bridgehead atoms. The molecule has 0 fully saturated rings. The van der Waals surface area contributed by atoms with E-state index in [1.54, 1.807) is 42.5 Å². The normalized spacial score (nSPS) is 12.3. The first-order valence-corrected chi connectivity index (χ1v) is 12.1. The number of hydrogen-bond acceptors (Lipinski definition) is 4. The monoisotopic (exact) mass is 481 g/mol. The molecule has 2 N–H and O–H groups in total. The summed E-state index contributed by atoms with van der Waals surface area (Å²) in [4.78, 5) is 15.0. The van der Waals surface area contributed by atoms with Gasteiger partial charge in [0.25, 0.3) is 5.91 Å². The molecule has 0 aliphatic heterocycles.